The van der Waals surface area contributed by atoms with Crippen molar-refractivity contribution in [2.45, 2.75) is 0 Å². The number of para-hydroxylation sites is 1. The molecule has 0 saturated carbocycles. The van der Waals surface area contributed by atoms with Gasteiger partial charge in [-0.2, -0.15) is 5.10 Å². The predicted molar refractivity (Wildman–Crippen MR) is 89.5 cm³/mol. The minimum atomic E-state index is 0.00817. The SMILES string of the molecule is CN(C)C(=O)c1ccc(C=Cc2n[nH]c3ccccc23)cc1. The number of fused-ring (bicyclic) bond motifs is 1. The summed E-state index contributed by atoms with van der Waals surface area (Å²) in [7, 11) is 3.50. The maximum absolute atomic E-state index is 11.8. The summed E-state index contributed by atoms with van der Waals surface area (Å²) in [5.41, 5.74) is 3.65. The Kier molecular flexibility index (Phi) is 3.74. The van der Waals surface area contributed by atoms with Crippen LogP contribution in [0.15, 0.2) is 48.5 Å². The van der Waals surface area contributed by atoms with E-state index in [2.05, 4.69) is 10.2 Å². The molecule has 0 radical (unpaired) electrons. The highest BCUT2D eigenvalue weighted by Gasteiger charge is 2.06. The van der Waals surface area contributed by atoms with Crippen molar-refractivity contribution < 1.29 is 4.79 Å². The quantitative estimate of drug-likeness (QED) is 0.803. The lowest BCUT2D eigenvalue weighted by Gasteiger charge is -2.09. The summed E-state index contributed by atoms with van der Waals surface area (Å²) in [6.45, 7) is 0. The Hall–Kier alpha value is -2.88. The van der Waals surface area contributed by atoms with Gasteiger partial charge in [0.1, 0.15) is 0 Å². The molecule has 1 heterocycles. The van der Waals surface area contributed by atoms with E-state index >= 15 is 0 Å². The molecule has 0 fully saturated rings. The van der Waals surface area contributed by atoms with Crippen molar-refractivity contribution >= 4 is 29.0 Å². The van der Waals surface area contributed by atoms with Gasteiger partial charge in [-0.25, -0.2) is 0 Å². The lowest BCUT2D eigenvalue weighted by atomic mass is 10.1. The molecule has 1 aromatic heterocycles. The number of H-pyrrole nitrogens is 1. The van der Waals surface area contributed by atoms with Gasteiger partial charge in [-0.15, -0.1) is 0 Å². The van der Waals surface area contributed by atoms with Crippen molar-refractivity contribution in [1.82, 2.24) is 15.1 Å². The van der Waals surface area contributed by atoms with E-state index in [9.17, 15) is 4.79 Å². The monoisotopic (exact) mass is 291 g/mol. The summed E-state index contributed by atoms with van der Waals surface area (Å²) in [6.07, 6.45) is 3.97. The van der Waals surface area contributed by atoms with Crippen molar-refractivity contribution in [2.24, 2.45) is 0 Å². The molecule has 1 amide bonds. The highest BCUT2D eigenvalue weighted by atomic mass is 16.2. The molecule has 3 rings (SSSR count). The molecule has 0 saturated heterocycles. The molecule has 2 aromatic carbocycles. The maximum Gasteiger partial charge on any atom is 0.253 e. The van der Waals surface area contributed by atoms with Crippen LogP contribution < -0.4 is 0 Å². The van der Waals surface area contributed by atoms with E-state index in [4.69, 9.17) is 0 Å². The Morgan fingerprint density at radius 3 is 2.50 bits per heavy atom. The minimum Gasteiger partial charge on any atom is -0.345 e. The van der Waals surface area contributed by atoms with E-state index in [-0.39, 0.29) is 5.91 Å². The van der Waals surface area contributed by atoms with Crippen LogP contribution >= 0.6 is 0 Å². The number of hydrogen-bond acceptors (Lipinski definition) is 2. The lowest BCUT2D eigenvalue weighted by Crippen LogP contribution is -2.21. The normalized spacial score (nSPS) is 11.2. The summed E-state index contributed by atoms with van der Waals surface area (Å²) in [4.78, 5) is 13.4. The molecule has 0 atom stereocenters. The Labute approximate surface area is 129 Å². The first-order chi connectivity index (χ1) is 10.6. The van der Waals surface area contributed by atoms with Gasteiger partial charge in [0.25, 0.3) is 5.91 Å². The van der Waals surface area contributed by atoms with Crippen molar-refractivity contribution in [1.29, 1.82) is 0 Å². The van der Waals surface area contributed by atoms with Crippen LogP contribution in [0.25, 0.3) is 23.1 Å². The maximum atomic E-state index is 11.8. The Morgan fingerprint density at radius 1 is 1.05 bits per heavy atom. The Bertz CT molecular complexity index is 829. The van der Waals surface area contributed by atoms with E-state index in [1.165, 1.54) is 0 Å². The zero-order valence-electron chi connectivity index (χ0n) is 12.6. The number of nitrogens with one attached hydrogen (secondary N) is 1. The van der Waals surface area contributed by atoms with Crippen LogP contribution in [0.5, 0.6) is 0 Å². The number of aromatic nitrogens is 2. The molecule has 0 unspecified atom stereocenters. The van der Waals surface area contributed by atoms with Gasteiger partial charge in [0, 0.05) is 25.0 Å². The second-order valence-corrected chi connectivity index (χ2v) is 5.31. The standard InChI is InChI=1S/C18H17N3O/c1-21(2)18(22)14-10-7-13(8-11-14)9-12-17-15-5-3-4-6-16(15)19-20-17/h3-12H,1-2H3,(H,19,20). The molecule has 110 valence electrons. The number of carbonyl (C=O) groups is 1. The molecule has 1 N–H and O–H groups in total. The van der Waals surface area contributed by atoms with Crippen molar-refractivity contribution in [3.8, 4) is 0 Å². The van der Waals surface area contributed by atoms with Gasteiger partial charge in [0.05, 0.1) is 11.2 Å². The van der Waals surface area contributed by atoms with Crippen LogP contribution in [0.3, 0.4) is 0 Å². The third-order valence-corrected chi connectivity index (χ3v) is 3.50. The molecule has 22 heavy (non-hydrogen) atoms. The number of hydrogen-bond donors (Lipinski definition) is 1. The molecule has 0 aliphatic rings. The van der Waals surface area contributed by atoms with Gasteiger partial charge < -0.3 is 4.90 Å². The predicted octanol–water partition coefficient (Wildman–Crippen LogP) is 3.44. The fraction of sp³-hybridized carbons (Fsp3) is 0.111. The van der Waals surface area contributed by atoms with Gasteiger partial charge in [-0.3, -0.25) is 9.89 Å². The van der Waals surface area contributed by atoms with Crippen molar-refractivity contribution in [3.63, 3.8) is 0 Å². The number of carbonyl (C=O) groups excluding carboxylic acids is 1. The highest BCUT2D eigenvalue weighted by molar-refractivity contribution is 5.94. The third-order valence-electron chi connectivity index (χ3n) is 3.50. The zero-order chi connectivity index (χ0) is 15.5. The number of aromatic amines is 1. The molecule has 4 nitrogen and oxygen atoms in total. The fourth-order valence-corrected chi connectivity index (χ4v) is 2.28. The number of nitrogens with zero attached hydrogens (tertiary/aromatic N) is 2. The third kappa shape index (κ3) is 2.76. The van der Waals surface area contributed by atoms with E-state index in [1.54, 1.807) is 19.0 Å². The van der Waals surface area contributed by atoms with Crippen LogP contribution in [0.4, 0.5) is 0 Å². The molecule has 0 spiro atoms. The molecule has 3 aromatic rings. The fourth-order valence-electron chi connectivity index (χ4n) is 2.28. The topological polar surface area (TPSA) is 49.0 Å². The van der Waals surface area contributed by atoms with E-state index in [0.717, 1.165) is 22.2 Å². The molecule has 0 aliphatic carbocycles. The van der Waals surface area contributed by atoms with Crippen molar-refractivity contribution in [3.05, 3.63) is 65.4 Å². The number of amides is 1. The number of benzene rings is 2. The van der Waals surface area contributed by atoms with Crippen LogP contribution in [-0.2, 0) is 0 Å². The molecule has 4 heteroatoms. The van der Waals surface area contributed by atoms with Gasteiger partial charge in [-0.05, 0) is 29.8 Å². The van der Waals surface area contributed by atoms with Crippen molar-refractivity contribution in [2.75, 3.05) is 14.1 Å². The van der Waals surface area contributed by atoms with E-state index in [1.807, 2.05) is 60.7 Å². The Morgan fingerprint density at radius 2 is 1.77 bits per heavy atom. The lowest BCUT2D eigenvalue weighted by molar-refractivity contribution is 0.0827. The second kappa shape index (κ2) is 5.85. The van der Waals surface area contributed by atoms with Gasteiger partial charge in [-0.1, -0.05) is 36.4 Å². The Balaban J connectivity index is 1.82. The first kappa shape index (κ1) is 14.1. The van der Waals surface area contributed by atoms with Crippen LogP contribution in [0.2, 0.25) is 0 Å². The summed E-state index contributed by atoms with van der Waals surface area (Å²) < 4.78 is 0. The average molecular weight is 291 g/mol. The van der Waals surface area contributed by atoms with E-state index in [0.29, 0.717) is 5.56 Å². The molecule has 0 aliphatic heterocycles. The summed E-state index contributed by atoms with van der Waals surface area (Å²) in [5.74, 6) is 0.00817. The summed E-state index contributed by atoms with van der Waals surface area (Å²) >= 11 is 0. The molecule has 0 bridgehead atoms. The number of rotatable bonds is 3. The molecular formula is C18H17N3O. The first-order valence-electron chi connectivity index (χ1n) is 7.08. The summed E-state index contributed by atoms with van der Waals surface area (Å²) in [5, 5.41) is 8.41. The smallest absolute Gasteiger partial charge is 0.253 e. The minimum absolute atomic E-state index is 0.00817. The van der Waals surface area contributed by atoms with Gasteiger partial charge in [0.2, 0.25) is 0 Å². The van der Waals surface area contributed by atoms with Crippen LogP contribution in [0, 0.1) is 0 Å². The average Bonchev–Trinajstić information content (AvgIpc) is 2.96. The molecular weight excluding hydrogens is 274 g/mol. The zero-order valence-corrected chi connectivity index (χ0v) is 12.6. The first-order valence-corrected chi connectivity index (χ1v) is 7.08. The van der Waals surface area contributed by atoms with Crippen LogP contribution in [-0.4, -0.2) is 35.1 Å². The van der Waals surface area contributed by atoms with Gasteiger partial charge in [0.15, 0.2) is 0 Å². The highest BCUT2D eigenvalue weighted by Crippen LogP contribution is 2.17. The second-order valence-electron chi connectivity index (χ2n) is 5.31. The van der Waals surface area contributed by atoms with E-state index < -0.39 is 0 Å². The van der Waals surface area contributed by atoms with Gasteiger partial charge >= 0.3 is 0 Å². The summed E-state index contributed by atoms with van der Waals surface area (Å²) in [6, 6.07) is 15.6. The van der Waals surface area contributed by atoms with Crippen LogP contribution in [0.1, 0.15) is 21.6 Å². The largest absolute Gasteiger partial charge is 0.345 e.